The van der Waals surface area contributed by atoms with Crippen molar-refractivity contribution in [3.8, 4) is 5.75 Å². The zero-order valence-electron chi connectivity index (χ0n) is 23.7. The maximum absolute atomic E-state index is 14.0. The molecule has 1 aliphatic heterocycles. The summed E-state index contributed by atoms with van der Waals surface area (Å²) in [5.41, 5.74) is 3.61. The van der Waals surface area contributed by atoms with E-state index in [4.69, 9.17) is 0 Å². The van der Waals surface area contributed by atoms with Gasteiger partial charge in [-0.15, -0.1) is 0 Å². The van der Waals surface area contributed by atoms with E-state index in [0.29, 0.717) is 19.5 Å². The summed E-state index contributed by atoms with van der Waals surface area (Å²) in [6, 6.07) is 21.3. The number of piperazine rings is 1. The minimum Gasteiger partial charge on any atom is -0.508 e. The Hall–Kier alpha value is -4.74. The first-order valence-corrected chi connectivity index (χ1v) is 13.8. The Morgan fingerprint density at radius 3 is 2.60 bits per heavy atom. The van der Waals surface area contributed by atoms with Crippen LogP contribution in [0.2, 0.25) is 0 Å². The first-order chi connectivity index (χ1) is 20.4. The number of hydrazine groups is 1. The van der Waals surface area contributed by atoms with E-state index < -0.39 is 12.2 Å². The van der Waals surface area contributed by atoms with Gasteiger partial charge in [0.15, 0.2) is 0 Å². The molecule has 1 aliphatic rings. The molecule has 11 nitrogen and oxygen atoms in total. The van der Waals surface area contributed by atoms with Gasteiger partial charge in [0.05, 0.1) is 37.0 Å². The number of H-pyrrole nitrogens is 1. The average molecular weight is 570 g/mol. The Morgan fingerprint density at radius 1 is 1.10 bits per heavy atom. The molecular formula is C31H35N7O4. The molecule has 5 rings (SSSR count). The van der Waals surface area contributed by atoms with Crippen molar-refractivity contribution in [2.45, 2.75) is 31.7 Å². The molecule has 11 heteroatoms. The highest BCUT2D eigenvalue weighted by Gasteiger charge is 2.42. The number of aromatic amines is 1. The molecule has 1 aromatic heterocycles. The second-order valence-electron chi connectivity index (χ2n) is 10.5. The lowest BCUT2D eigenvalue weighted by Crippen LogP contribution is -2.69. The first kappa shape index (κ1) is 28.8. The zero-order chi connectivity index (χ0) is 29.6. The van der Waals surface area contributed by atoms with Crippen molar-refractivity contribution in [2.75, 3.05) is 27.2 Å². The summed E-state index contributed by atoms with van der Waals surface area (Å²) in [4.78, 5) is 42.9. The summed E-state index contributed by atoms with van der Waals surface area (Å²) in [6.07, 6.45) is 2.41. The second kappa shape index (κ2) is 12.8. The summed E-state index contributed by atoms with van der Waals surface area (Å²) in [6.45, 7) is 0.875. The van der Waals surface area contributed by atoms with Crippen LogP contribution in [0.15, 0.2) is 79.0 Å². The van der Waals surface area contributed by atoms with Crippen LogP contribution >= 0.6 is 0 Å². The van der Waals surface area contributed by atoms with Gasteiger partial charge in [0.2, 0.25) is 5.91 Å². The van der Waals surface area contributed by atoms with Crippen molar-refractivity contribution in [2.24, 2.45) is 0 Å². The van der Waals surface area contributed by atoms with E-state index in [-0.39, 0.29) is 30.8 Å². The molecule has 0 aliphatic carbocycles. The van der Waals surface area contributed by atoms with Crippen molar-refractivity contribution in [1.29, 1.82) is 0 Å². The molecule has 42 heavy (non-hydrogen) atoms. The maximum Gasteiger partial charge on any atom is 0.331 e. The Bertz CT molecular complexity index is 1530. The smallest absolute Gasteiger partial charge is 0.331 e. The Morgan fingerprint density at radius 2 is 1.86 bits per heavy atom. The number of phenolic OH excluding ortho intramolecular Hbond substituents is 1. The van der Waals surface area contributed by atoms with Gasteiger partial charge in [-0.05, 0) is 42.3 Å². The van der Waals surface area contributed by atoms with Gasteiger partial charge in [-0.1, -0.05) is 60.7 Å². The number of rotatable bonds is 10. The lowest BCUT2D eigenvalue weighted by molar-refractivity contribution is -0.160. The topological polar surface area (TPSA) is 125 Å². The molecule has 1 saturated heterocycles. The number of nitrogens with one attached hydrogen (secondary N) is 2. The van der Waals surface area contributed by atoms with Crippen LogP contribution in [0.25, 0.3) is 10.9 Å². The molecule has 3 N–H and O–H groups in total. The molecule has 4 aromatic rings. The number of aromatic nitrogens is 2. The van der Waals surface area contributed by atoms with Gasteiger partial charge in [0, 0.05) is 25.5 Å². The van der Waals surface area contributed by atoms with Crippen molar-refractivity contribution < 1.29 is 19.5 Å². The highest BCUT2D eigenvalue weighted by molar-refractivity contribution is 5.85. The molecule has 0 radical (unpaired) electrons. The number of phenols is 1. The van der Waals surface area contributed by atoms with E-state index in [1.807, 2.05) is 60.5 Å². The van der Waals surface area contributed by atoms with Crippen LogP contribution in [-0.2, 0) is 29.1 Å². The molecule has 2 heterocycles. The number of carbonyl (C=O) groups excluding carboxylic acids is 3. The quantitative estimate of drug-likeness (QED) is 0.198. The minimum atomic E-state index is -0.579. The molecule has 3 amide bonds. The van der Waals surface area contributed by atoms with Gasteiger partial charge in [0.1, 0.15) is 12.0 Å². The number of hydrogen-bond donors (Lipinski definition) is 3. The maximum atomic E-state index is 14.0. The third-order valence-corrected chi connectivity index (χ3v) is 7.80. The van der Waals surface area contributed by atoms with Crippen LogP contribution in [0.3, 0.4) is 0 Å². The van der Waals surface area contributed by atoms with Crippen LogP contribution in [0.1, 0.15) is 16.7 Å². The summed E-state index contributed by atoms with van der Waals surface area (Å²) in [5, 5.41) is 23.9. The second-order valence-corrected chi connectivity index (χ2v) is 10.5. The number of aromatic hydroxyl groups is 1. The van der Waals surface area contributed by atoms with Gasteiger partial charge in [-0.2, -0.15) is 10.1 Å². The van der Waals surface area contributed by atoms with Crippen molar-refractivity contribution >= 4 is 29.1 Å². The van der Waals surface area contributed by atoms with Gasteiger partial charge >= 0.3 is 6.03 Å². The van der Waals surface area contributed by atoms with Gasteiger partial charge in [-0.3, -0.25) is 19.8 Å². The molecule has 0 unspecified atom stereocenters. The van der Waals surface area contributed by atoms with Crippen molar-refractivity contribution in [1.82, 2.24) is 35.3 Å². The number of amides is 3. The van der Waals surface area contributed by atoms with E-state index in [9.17, 15) is 19.5 Å². The lowest BCUT2D eigenvalue weighted by atomic mass is 9.99. The fraction of sp³-hybridized carbons (Fsp3) is 0.290. The molecule has 0 bridgehead atoms. The fourth-order valence-electron chi connectivity index (χ4n) is 5.43. The highest BCUT2D eigenvalue weighted by Crippen LogP contribution is 2.26. The summed E-state index contributed by atoms with van der Waals surface area (Å²) in [7, 11) is 3.47. The number of aldehydes is 1. The van der Waals surface area contributed by atoms with Crippen LogP contribution in [0.5, 0.6) is 5.75 Å². The number of urea groups is 1. The number of para-hydroxylation sites is 1. The van der Waals surface area contributed by atoms with E-state index >= 15 is 0 Å². The van der Waals surface area contributed by atoms with E-state index in [1.165, 1.54) is 5.01 Å². The van der Waals surface area contributed by atoms with Gasteiger partial charge in [0.25, 0.3) is 0 Å². The first-order valence-electron chi connectivity index (χ1n) is 13.8. The summed E-state index contributed by atoms with van der Waals surface area (Å²) >= 11 is 0. The third kappa shape index (κ3) is 6.27. The number of hydrogen-bond acceptors (Lipinski definition) is 7. The van der Waals surface area contributed by atoms with Crippen LogP contribution in [0.4, 0.5) is 4.79 Å². The van der Waals surface area contributed by atoms with Crippen molar-refractivity contribution in [3.63, 3.8) is 0 Å². The summed E-state index contributed by atoms with van der Waals surface area (Å²) < 4.78 is 0. The SMILES string of the molecule is CN1[C@@H](Cc2ccc(O)cc2)C(=O)N(Cc2cccc3cn[nH]c23)C[C@@H]1N(CC=O)N(C)C(=O)NCc1ccccc1. The Labute approximate surface area is 244 Å². The predicted octanol–water partition coefficient (Wildman–Crippen LogP) is 2.74. The molecule has 3 aromatic carbocycles. The zero-order valence-corrected chi connectivity index (χ0v) is 23.7. The molecule has 2 atom stereocenters. The predicted molar refractivity (Wildman–Crippen MR) is 158 cm³/mol. The van der Waals surface area contributed by atoms with Crippen molar-refractivity contribution in [3.05, 3.63) is 95.7 Å². The van der Waals surface area contributed by atoms with E-state index in [2.05, 4.69) is 15.5 Å². The Balaban J connectivity index is 1.43. The number of benzene rings is 3. The number of nitrogens with zero attached hydrogens (tertiary/aromatic N) is 5. The van der Waals surface area contributed by atoms with Gasteiger partial charge in [-0.25, -0.2) is 4.79 Å². The average Bonchev–Trinajstić information content (AvgIpc) is 3.50. The fourth-order valence-corrected chi connectivity index (χ4v) is 5.43. The largest absolute Gasteiger partial charge is 0.508 e. The molecule has 1 fully saturated rings. The van der Waals surface area contributed by atoms with E-state index in [1.54, 1.807) is 47.4 Å². The lowest BCUT2D eigenvalue weighted by Gasteiger charge is -2.49. The number of carbonyl (C=O) groups is 3. The number of likely N-dealkylation sites (N-methyl/N-ethyl adjacent to an activating group) is 1. The van der Waals surface area contributed by atoms with Gasteiger partial charge < -0.3 is 20.1 Å². The highest BCUT2D eigenvalue weighted by atomic mass is 16.3. The summed E-state index contributed by atoms with van der Waals surface area (Å²) in [5.74, 6) is 0.0788. The normalized spacial score (nSPS) is 17.5. The molecular weight excluding hydrogens is 534 g/mol. The van der Waals surface area contributed by atoms with E-state index in [0.717, 1.165) is 33.9 Å². The third-order valence-electron chi connectivity index (χ3n) is 7.80. The Kier molecular flexibility index (Phi) is 8.80. The van der Waals surface area contributed by atoms with Crippen LogP contribution < -0.4 is 5.32 Å². The van der Waals surface area contributed by atoms with Crippen LogP contribution in [0, 0.1) is 0 Å². The molecule has 218 valence electrons. The standard InChI is InChI=1S/C31H35N7O4/c1-35-27(17-22-11-13-26(40)14-12-22)30(41)37(20-25-10-6-9-24-19-33-34-29(24)25)21-28(35)38(15-16-39)36(2)31(42)32-18-23-7-4-3-5-8-23/h3-14,16,19,27-28,40H,15,17-18,20-21H2,1-2H3,(H,32,42)(H,33,34)/t27-,28-/m0/s1. The molecule has 0 saturated carbocycles. The van der Waals surface area contributed by atoms with Crippen LogP contribution in [-0.4, -0.2) is 92.7 Å². The molecule has 0 spiro atoms. The monoisotopic (exact) mass is 569 g/mol. The minimum absolute atomic E-state index is 0.0473. The number of fused-ring (bicyclic) bond motifs is 1.